The summed E-state index contributed by atoms with van der Waals surface area (Å²) < 4.78 is 17.6. The third kappa shape index (κ3) is 6.36. The molecular formula is C30H36N2O4. The van der Waals surface area contributed by atoms with Crippen molar-refractivity contribution in [3.63, 3.8) is 0 Å². The van der Waals surface area contributed by atoms with Gasteiger partial charge in [0.15, 0.2) is 11.5 Å². The minimum atomic E-state index is -0.544. The van der Waals surface area contributed by atoms with E-state index in [1.807, 2.05) is 63.4 Å². The average Bonchev–Trinajstić information content (AvgIpc) is 3.36. The number of nitrogens with zero attached hydrogens (tertiary/aromatic N) is 2. The van der Waals surface area contributed by atoms with Gasteiger partial charge in [-0.05, 0) is 101 Å². The average molecular weight is 489 g/mol. The van der Waals surface area contributed by atoms with Gasteiger partial charge in [-0.2, -0.15) is 0 Å². The number of methoxy groups -OCH3 is 1. The largest absolute Gasteiger partial charge is 0.493 e. The van der Waals surface area contributed by atoms with Gasteiger partial charge in [-0.1, -0.05) is 6.07 Å². The fraction of sp³-hybridized carbons (Fsp3) is 0.400. The number of rotatable bonds is 8. The molecule has 0 atom stereocenters. The second-order valence-electron chi connectivity index (χ2n) is 10.3. The zero-order valence-electron chi connectivity index (χ0n) is 21.9. The molecule has 4 rings (SSSR count). The van der Waals surface area contributed by atoms with Crippen molar-refractivity contribution >= 4 is 17.3 Å². The molecule has 0 saturated heterocycles. The SMILES string of the molecule is COc1cc(C)c(N(Cc2cccnc2)c2ccc(C(=O)OC(C)(C)C)cc2)cc1OC1CCCC1. The van der Waals surface area contributed by atoms with Gasteiger partial charge in [0.2, 0.25) is 0 Å². The van der Waals surface area contributed by atoms with E-state index in [1.54, 1.807) is 13.3 Å². The zero-order valence-corrected chi connectivity index (χ0v) is 21.9. The van der Waals surface area contributed by atoms with Gasteiger partial charge >= 0.3 is 5.97 Å². The molecule has 0 radical (unpaired) electrons. The number of aromatic nitrogens is 1. The lowest BCUT2D eigenvalue weighted by atomic mass is 10.1. The number of aryl methyl sites for hydroxylation is 1. The molecule has 1 saturated carbocycles. The van der Waals surface area contributed by atoms with E-state index in [0.29, 0.717) is 12.1 Å². The van der Waals surface area contributed by atoms with Gasteiger partial charge in [0.1, 0.15) is 5.60 Å². The molecule has 0 spiro atoms. The summed E-state index contributed by atoms with van der Waals surface area (Å²) in [6.45, 7) is 8.28. The van der Waals surface area contributed by atoms with E-state index in [9.17, 15) is 4.79 Å². The summed E-state index contributed by atoms with van der Waals surface area (Å²) in [5, 5.41) is 0. The molecule has 1 aromatic heterocycles. The Hall–Kier alpha value is -3.54. The molecule has 3 aromatic rings. The van der Waals surface area contributed by atoms with E-state index < -0.39 is 5.60 Å². The highest BCUT2D eigenvalue weighted by atomic mass is 16.6. The quantitative estimate of drug-likeness (QED) is 0.318. The summed E-state index contributed by atoms with van der Waals surface area (Å²) in [5.41, 5.74) is 4.07. The molecule has 36 heavy (non-hydrogen) atoms. The van der Waals surface area contributed by atoms with Crippen LogP contribution < -0.4 is 14.4 Å². The first-order valence-corrected chi connectivity index (χ1v) is 12.6. The first kappa shape index (κ1) is 25.5. The summed E-state index contributed by atoms with van der Waals surface area (Å²) >= 11 is 0. The lowest BCUT2D eigenvalue weighted by Gasteiger charge is -2.28. The Morgan fingerprint density at radius 2 is 1.78 bits per heavy atom. The molecule has 6 nitrogen and oxygen atoms in total. The Morgan fingerprint density at radius 3 is 2.39 bits per heavy atom. The topological polar surface area (TPSA) is 60.9 Å². The van der Waals surface area contributed by atoms with Crippen LogP contribution in [0, 0.1) is 6.92 Å². The van der Waals surface area contributed by atoms with Crippen LogP contribution >= 0.6 is 0 Å². The smallest absolute Gasteiger partial charge is 0.338 e. The van der Waals surface area contributed by atoms with Crippen molar-refractivity contribution in [3.8, 4) is 11.5 Å². The minimum absolute atomic E-state index is 0.217. The third-order valence-electron chi connectivity index (χ3n) is 6.25. The van der Waals surface area contributed by atoms with Crippen molar-refractivity contribution in [3.05, 3.63) is 77.6 Å². The van der Waals surface area contributed by atoms with Gasteiger partial charge in [0.25, 0.3) is 0 Å². The van der Waals surface area contributed by atoms with E-state index >= 15 is 0 Å². The number of hydrogen-bond acceptors (Lipinski definition) is 6. The van der Waals surface area contributed by atoms with Gasteiger partial charge in [-0.15, -0.1) is 0 Å². The van der Waals surface area contributed by atoms with Gasteiger partial charge in [0.05, 0.1) is 18.8 Å². The highest BCUT2D eigenvalue weighted by Crippen LogP contribution is 2.40. The number of carbonyl (C=O) groups is 1. The summed E-state index contributed by atoms with van der Waals surface area (Å²) in [5.74, 6) is 1.16. The van der Waals surface area contributed by atoms with E-state index in [1.165, 1.54) is 12.8 Å². The van der Waals surface area contributed by atoms with Crippen LogP contribution in [-0.2, 0) is 11.3 Å². The molecule has 0 bridgehead atoms. The molecule has 1 aliphatic carbocycles. The molecule has 0 N–H and O–H groups in total. The second-order valence-corrected chi connectivity index (χ2v) is 10.3. The lowest BCUT2D eigenvalue weighted by molar-refractivity contribution is 0.00695. The summed E-state index contributed by atoms with van der Waals surface area (Å²) in [6, 6.07) is 15.6. The van der Waals surface area contributed by atoms with Gasteiger partial charge < -0.3 is 19.1 Å². The minimum Gasteiger partial charge on any atom is -0.493 e. The van der Waals surface area contributed by atoms with Gasteiger partial charge in [-0.3, -0.25) is 4.98 Å². The zero-order chi connectivity index (χ0) is 25.7. The van der Waals surface area contributed by atoms with Crippen molar-refractivity contribution in [2.75, 3.05) is 12.0 Å². The maximum Gasteiger partial charge on any atom is 0.338 e. The predicted molar refractivity (Wildman–Crippen MR) is 142 cm³/mol. The highest BCUT2D eigenvalue weighted by molar-refractivity contribution is 5.90. The standard InChI is InChI=1S/C30H36N2O4/c1-21-17-27(34-5)28(35-25-10-6-7-11-25)18-26(21)32(20-22-9-8-16-31-19-22)24-14-12-23(13-15-24)29(33)36-30(2,3)4/h8-9,12-19,25H,6-7,10-11,20H2,1-5H3. The predicted octanol–water partition coefficient (Wildman–Crippen LogP) is 7.01. The van der Waals surface area contributed by atoms with Gasteiger partial charge in [-0.25, -0.2) is 4.79 Å². The number of esters is 1. The molecule has 1 aliphatic rings. The van der Waals surface area contributed by atoms with E-state index in [2.05, 4.69) is 28.9 Å². The number of carbonyl (C=O) groups excluding carboxylic acids is 1. The highest BCUT2D eigenvalue weighted by Gasteiger charge is 2.22. The van der Waals surface area contributed by atoms with Crippen LogP contribution in [0.5, 0.6) is 11.5 Å². The maximum atomic E-state index is 12.6. The van der Waals surface area contributed by atoms with Crippen LogP contribution in [0.25, 0.3) is 0 Å². The molecule has 1 heterocycles. The Balaban J connectivity index is 1.71. The fourth-order valence-electron chi connectivity index (χ4n) is 4.48. The first-order valence-electron chi connectivity index (χ1n) is 12.6. The van der Waals surface area contributed by atoms with E-state index in [-0.39, 0.29) is 12.1 Å². The molecular weight excluding hydrogens is 452 g/mol. The molecule has 0 aliphatic heterocycles. The second kappa shape index (κ2) is 11.0. The molecule has 0 amide bonds. The van der Waals surface area contributed by atoms with Crippen molar-refractivity contribution in [2.45, 2.75) is 71.6 Å². The number of anilines is 2. The number of pyridine rings is 1. The Bertz CT molecular complexity index is 1160. The third-order valence-corrected chi connectivity index (χ3v) is 6.25. The lowest BCUT2D eigenvalue weighted by Crippen LogP contribution is -2.24. The Morgan fingerprint density at radius 1 is 1.06 bits per heavy atom. The number of ether oxygens (including phenoxy) is 3. The van der Waals surface area contributed by atoms with Crippen LogP contribution in [0.3, 0.4) is 0 Å². The van der Waals surface area contributed by atoms with E-state index in [0.717, 1.165) is 46.8 Å². The number of hydrogen-bond donors (Lipinski definition) is 0. The number of benzene rings is 2. The fourth-order valence-corrected chi connectivity index (χ4v) is 4.48. The molecule has 0 unspecified atom stereocenters. The van der Waals surface area contributed by atoms with Gasteiger partial charge in [0, 0.05) is 36.4 Å². The van der Waals surface area contributed by atoms with Crippen molar-refractivity contribution < 1.29 is 19.0 Å². The van der Waals surface area contributed by atoms with Crippen LogP contribution in [0.15, 0.2) is 60.9 Å². The van der Waals surface area contributed by atoms with Crippen LogP contribution in [-0.4, -0.2) is 29.8 Å². The Kier molecular flexibility index (Phi) is 7.82. The van der Waals surface area contributed by atoms with Crippen LogP contribution in [0.1, 0.15) is 67.9 Å². The van der Waals surface area contributed by atoms with Crippen molar-refractivity contribution in [1.82, 2.24) is 4.98 Å². The Labute approximate surface area is 214 Å². The molecule has 2 aromatic carbocycles. The van der Waals surface area contributed by atoms with Crippen LogP contribution in [0.4, 0.5) is 11.4 Å². The summed E-state index contributed by atoms with van der Waals surface area (Å²) in [6.07, 6.45) is 8.39. The monoisotopic (exact) mass is 488 g/mol. The summed E-state index contributed by atoms with van der Waals surface area (Å²) in [4.78, 5) is 19.1. The summed E-state index contributed by atoms with van der Waals surface area (Å²) in [7, 11) is 1.68. The molecule has 1 fully saturated rings. The maximum absolute atomic E-state index is 12.6. The normalized spacial score (nSPS) is 13.9. The molecule has 6 heteroatoms. The first-order chi connectivity index (χ1) is 17.2. The van der Waals surface area contributed by atoms with Crippen molar-refractivity contribution in [2.24, 2.45) is 0 Å². The van der Waals surface area contributed by atoms with E-state index in [4.69, 9.17) is 14.2 Å². The van der Waals surface area contributed by atoms with Crippen LogP contribution in [0.2, 0.25) is 0 Å². The molecule has 190 valence electrons. The van der Waals surface area contributed by atoms with Crippen molar-refractivity contribution in [1.29, 1.82) is 0 Å².